The van der Waals surface area contributed by atoms with E-state index in [1.807, 2.05) is 30.3 Å². The molecule has 1 N–H and O–H groups in total. The number of fused-ring (bicyclic) bond motifs is 1. The highest BCUT2D eigenvalue weighted by Gasteiger charge is 2.09. The number of nitrogens with one attached hydrogen (secondary N) is 1. The van der Waals surface area contributed by atoms with Gasteiger partial charge in [0.05, 0.1) is 11.1 Å². The van der Waals surface area contributed by atoms with E-state index in [1.165, 1.54) is 11.3 Å². The summed E-state index contributed by atoms with van der Waals surface area (Å²) in [6.07, 6.45) is 5.07. The van der Waals surface area contributed by atoms with Gasteiger partial charge in [0.1, 0.15) is 6.26 Å². The summed E-state index contributed by atoms with van der Waals surface area (Å²) in [4.78, 5) is 12.8. The van der Waals surface area contributed by atoms with E-state index in [2.05, 4.69) is 10.5 Å². The molecule has 3 aromatic rings. The van der Waals surface area contributed by atoms with Gasteiger partial charge in [0, 0.05) is 16.8 Å². The van der Waals surface area contributed by atoms with Crippen LogP contribution in [-0.4, -0.2) is 17.6 Å². The first-order valence-corrected chi connectivity index (χ1v) is 7.29. The summed E-state index contributed by atoms with van der Waals surface area (Å²) in [6.45, 7) is 0.651. The van der Waals surface area contributed by atoms with Gasteiger partial charge in [-0.1, -0.05) is 23.4 Å². The normalized spacial score (nSPS) is 10.8. The van der Waals surface area contributed by atoms with E-state index in [1.54, 1.807) is 12.5 Å². The zero-order valence-corrected chi connectivity index (χ0v) is 11.7. The first kappa shape index (κ1) is 12.9. The Kier molecular flexibility index (Phi) is 3.78. The van der Waals surface area contributed by atoms with Crippen molar-refractivity contribution in [3.05, 3.63) is 53.2 Å². The van der Waals surface area contributed by atoms with Crippen molar-refractivity contribution in [2.45, 2.75) is 12.8 Å². The number of amides is 1. The molecular weight excluding hydrogens is 272 g/mol. The highest BCUT2D eigenvalue weighted by atomic mass is 32.1. The van der Waals surface area contributed by atoms with Crippen LogP contribution in [0.25, 0.3) is 10.1 Å². The SMILES string of the molecule is O=C(NCCCc1cnoc1)c1cc2ccccc2s1. The average Bonchev–Trinajstić information content (AvgIpc) is 3.12. The van der Waals surface area contributed by atoms with E-state index in [0.29, 0.717) is 6.54 Å². The summed E-state index contributed by atoms with van der Waals surface area (Å²) in [5, 5.41) is 7.71. The Labute approximate surface area is 120 Å². The Morgan fingerprint density at radius 1 is 1.35 bits per heavy atom. The van der Waals surface area contributed by atoms with Crippen molar-refractivity contribution < 1.29 is 9.32 Å². The van der Waals surface area contributed by atoms with Crippen molar-refractivity contribution >= 4 is 27.3 Å². The molecule has 0 saturated carbocycles. The van der Waals surface area contributed by atoms with Crippen LogP contribution < -0.4 is 5.32 Å². The molecule has 4 nitrogen and oxygen atoms in total. The molecule has 2 heterocycles. The van der Waals surface area contributed by atoms with Crippen LogP contribution in [0.4, 0.5) is 0 Å². The van der Waals surface area contributed by atoms with Gasteiger partial charge in [0.15, 0.2) is 0 Å². The molecule has 20 heavy (non-hydrogen) atoms. The number of hydrogen-bond donors (Lipinski definition) is 1. The maximum absolute atomic E-state index is 12.0. The predicted molar refractivity (Wildman–Crippen MR) is 79.0 cm³/mol. The maximum atomic E-state index is 12.0. The van der Waals surface area contributed by atoms with Crippen molar-refractivity contribution in [3.8, 4) is 0 Å². The molecule has 1 aromatic carbocycles. The van der Waals surface area contributed by atoms with Crippen LogP contribution in [0, 0.1) is 0 Å². The quantitative estimate of drug-likeness (QED) is 0.732. The van der Waals surface area contributed by atoms with Gasteiger partial charge in [-0.2, -0.15) is 0 Å². The third-order valence-electron chi connectivity index (χ3n) is 3.06. The largest absolute Gasteiger partial charge is 0.364 e. The van der Waals surface area contributed by atoms with Crippen LogP contribution in [0.3, 0.4) is 0 Å². The summed E-state index contributed by atoms with van der Waals surface area (Å²) >= 11 is 1.52. The summed E-state index contributed by atoms with van der Waals surface area (Å²) < 4.78 is 5.90. The summed E-state index contributed by atoms with van der Waals surface area (Å²) in [6, 6.07) is 9.96. The van der Waals surface area contributed by atoms with Crippen LogP contribution in [0.15, 0.2) is 47.3 Å². The van der Waals surface area contributed by atoms with Crippen molar-refractivity contribution in [1.29, 1.82) is 0 Å². The fraction of sp³-hybridized carbons (Fsp3) is 0.200. The lowest BCUT2D eigenvalue weighted by atomic mass is 10.2. The number of aryl methyl sites for hydroxylation is 1. The number of rotatable bonds is 5. The molecule has 0 atom stereocenters. The number of carbonyl (C=O) groups excluding carboxylic acids is 1. The minimum Gasteiger partial charge on any atom is -0.364 e. The molecule has 0 saturated heterocycles. The zero-order valence-electron chi connectivity index (χ0n) is 10.8. The number of hydrogen-bond acceptors (Lipinski definition) is 4. The maximum Gasteiger partial charge on any atom is 0.261 e. The lowest BCUT2D eigenvalue weighted by Gasteiger charge is -2.01. The lowest BCUT2D eigenvalue weighted by molar-refractivity contribution is 0.0957. The highest BCUT2D eigenvalue weighted by Crippen LogP contribution is 2.24. The molecular formula is C15H14N2O2S. The minimum absolute atomic E-state index is 0.00322. The van der Waals surface area contributed by atoms with Crippen molar-refractivity contribution in [2.75, 3.05) is 6.54 Å². The highest BCUT2D eigenvalue weighted by molar-refractivity contribution is 7.20. The third kappa shape index (κ3) is 2.88. The van der Waals surface area contributed by atoms with Crippen LogP contribution >= 0.6 is 11.3 Å². The molecule has 3 rings (SSSR count). The molecule has 0 bridgehead atoms. The Bertz CT molecular complexity index is 671. The number of carbonyl (C=O) groups is 1. The van der Waals surface area contributed by atoms with Crippen molar-refractivity contribution in [1.82, 2.24) is 10.5 Å². The first-order valence-electron chi connectivity index (χ1n) is 6.48. The molecule has 0 aliphatic rings. The van der Waals surface area contributed by atoms with Gasteiger partial charge in [0.2, 0.25) is 0 Å². The molecule has 0 spiro atoms. The summed E-state index contributed by atoms with van der Waals surface area (Å²) in [5.41, 5.74) is 1.06. The lowest BCUT2D eigenvalue weighted by Crippen LogP contribution is -2.23. The van der Waals surface area contributed by atoms with Crippen LogP contribution in [-0.2, 0) is 6.42 Å². The zero-order chi connectivity index (χ0) is 13.8. The Morgan fingerprint density at radius 3 is 3.05 bits per heavy atom. The second-order valence-electron chi connectivity index (χ2n) is 4.54. The van der Waals surface area contributed by atoms with E-state index >= 15 is 0 Å². The molecule has 1 amide bonds. The second kappa shape index (κ2) is 5.88. The van der Waals surface area contributed by atoms with E-state index < -0.39 is 0 Å². The topological polar surface area (TPSA) is 55.1 Å². The van der Waals surface area contributed by atoms with E-state index in [4.69, 9.17) is 4.52 Å². The number of nitrogens with zero attached hydrogens (tertiary/aromatic N) is 1. The molecule has 5 heteroatoms. The van der Waals surface area contributed by atoms with Gasteiger partial charge in [-0.25, -0.2) is 0 Å². The molecule has 0 fully saturated rings. The van der Waals surface area contributed by atoms with Gasteiger partial charge >= 0.3 is 0 Å². The Hall–Kier alpha value is -2.14. The number of thiophene rings is 1. The second-order valence-corrected chi connectivity index (χ2v) is 5.62. The van der Waals surface area contributed by atoms with Crippen molar-refractivity contribution in [3.63, 3.8) is 0 Å². The van der Waals surface area contributed by atoms with Gasteiger partial charge in [0.25, 0.3) is 5.91 Å². The van der Waals surface area contributed by atoms with Gasteiger partial charge in [-0.05, 0) is 30.4 Å². The predicted octanol–water partition coefficient (Wildman–Crippen LogP) is 3.25. The summed E-state index contributed by atoms with van der Waals surface area (Å²) in [7, 11) is 0. The number of benzene rings is 1. The van der Waals surface area contributed by atoms with Gasteiger partial charge < -0.3 is 9.84 Å². The molecule has 0 aliphatic heterocycles. The Balaban J connectivity index is 1.53. The molecule has 0 aliphatic carbocycles. The fourth-order valence-corrected chi connectivity index (χ4v) is 3.00. The monoisotopic (exact) mass is 286 g/mol. The molecule has 0 radical (unpaired) electrons. The average molecular weight is 286 g/mol. The van der Waals surface area contributed by atoms with Crippen LogP contribution in [0.2, 0.25) is 0 Å². The van der Waals surface area contributed by atoms with E-state index in [9.17, 15) is 4.79 Å². The standard InChI is InChI=1S/C15H14N2O2S/c18-15(16-7-3-4-11-9-17-19-10-11)14-8-12-5-1-2-6-13(12)20-14/h1-2,5-6,8-10H,3-4,7H2,(H,16,18). The first-order chi connectivity index (χ1) is 9.83. The third-order valence-corrected chi connectivity index (χ3v) is 4.18. The van der Waals surface area contributed by atoms with Gasteiger partial charge in [-0.3, -0.25) is 4.79 Å². The van der Waals surface area contributed by atoms with E-state index in [-0.39, 0.29) is 5.91 Å². The fourth-order valence-electron chi connectivity index (χ4n) is 2.03. The van der Waals surface area contributed by atoms with E-state index in [0.717, 1.165) is 33.4 Å². The molecule has 2 aromatic heterocycles. The Morgan fingerprint density at radius 2 is 2.25 bits per heavy atom. The van der Waals surface area contributed by atoms with Crippen LogP contribution in [0.1, 0.15) is 21.7 Å². The summed E-state index contributed by atoms with van der Waals surface area (Å²) in [5.74, 6) is -0.00322. The van der Waals surface area contributed by atoms with Gasteiger partial charge in [-0.15, -0.1) is 11.3 Å². The molecule has 102 valence electrons. The van der Waals surface area contributed by atoms with Crippen molar-refractivity contribution in [2.24, 2.45) is 0 Å². The van der Waals surface area contributed by atoms with Crippen LogP contribution in [0.5, 0.6) is 0 Å². The molecule has 0 unspecified atom stereocenters. The smallest absolute Gasteiger partial charge is 0.261 e. The minimum atomic E-state index is -0.00322. The number of aromatic nitrogens is 1.